The molecule has 9 nitrogen and oxygen atoms in total. The minimum Gasteiger partial charge on any atom is -0.497 e. The van der Waals surface area contributed by atoms with Crippen molar-refractivity contribution in [3.63, 3.8) is 0 Å². The fourth-order valence-corrected chi connectivity index (χ4v) is 4.94. The second-order valence-corrected chi connectivity index (χ2v) is 9.68. The van der Waals surface area contributed by atoms with Crippen molar-refractivity contribution in [1.82, 2.24) is 0 Å². The predicted octanol–water partition coefficient (Wildman–Crippen LogP) is 6.24. The van der Waals surface area contributed by atoms with Crippen molar-refractivity contribution in [3.8, 4) is 23.0 Å². The molecule has 1 unspecified atom stereocenters. The zero-order chi connectivity index (χ0) is 31.3. The Bertz CT molecular complexity index is 1480. The minimum atomic E-state index is -5.08. The number of para-hydroxylation sites is 1. The minimum absolute atomic E-state index is 0.0468. The second kappa shape index (κ2) is 13.4. The summed E-state index contributed by atoms with van der Waals surface area (Å²) in [6, 6.07) is 13.7. The number of hydrogen-bond acceptors (Lipinski definition) is 8. The lowest BCUT2D eigenvalue weighted by molar-refractivity contribution is -0.275. The number of halogens is 4. The summed E-state index contributed by atoms with van der Waals surface area (Å²) in [5, 5.41) is 0.229. The summed E-state index contributed by atoms with van der Waals surface area (Å²) >= 11 is 6.37. The van der Waals surface area contributed by atoms with Crippen LogP contribution in [-0.2, 0) is 25.6 Å². The number of alkyl halides is 3. The van der Waals surface area contributed by atoms with Gasteiger partial charge in [0.2, 0.25) is 0 Å². The standard InChI is InChI=1S/C30H29ClF3NO8/c1-5-41-26(36)15-25-29(37)35(16-17-9-11-19(38-2)14-24(17)40-4)22-12-10-18(31)13-21(22)27(42-25)20-7-6-8-23(39-3)28(20)43-30(32,33)34/h6-14,25,27H,5,15-16H2,1-4H3/t25?,27-/m1/s1. The van der Waals surface area contributed by atoms with Crippen LogP contribution in [0.3, 0.4) is 0 Å². The summed E-state index contributed by atoms with van der Waals surface area (Å²) in [6.45, 7) is 1.60. The Balaban J connectivity index is 1.93. The Morgan fingerprint density at radius 1 is 0.977 bits per heavy atom. The first-order chi connectivity index (χ1) is 20.5. The van der Waals surface area contributed by atoms with Gasteiger partial charge >= 0.3 is 12.3 Å². The predicted molar refractivity (Wildman–Crippen MR) is 150 cm³/mol. The van der Waals surface area contributed by atoms with Crippen molar-refractivity contribution in [2.45, 2.75) is 38.5 Å². The molecule has 1 amide bonds. The Labute approximate surface area is 250 Å². The van der Waals surface area contributed by atoms with Gasteiger partial charge in [0.25, 0.3) is 5.91 Å². The van der Waals surface area contributed by atoms with E-state index in [9.17, 15) is 22.8 Å². The van der Waals surface area contributed by atoms with E-state index < -0.39 is 42.6 Å². The molecule has 0 aliphatic carbocycles. The van der Waals surface area contributed by atoms with Crippen LogP contribution in [0.5, 0.6) is 23.0 Å². The van der Waals surface area contributed by atoms with Gasteiger partial charge in [-0.2, -0.15) is 0 Å². The molecular weight excluding hydrogens is 595 g/mol. The van der Waals surface area contributed by atoms with E-state index in [4.69, 9.17) is 35.3 Å². The number of anilines is 1. The molecule has 0 saturated heterocycles. The molecule has 1 aliphatic rings. The normalized spacial score (nSPS) is 16.7. The van der Waals surface area contributed by atoms with Crippen molar-refractivity contribution in [2.24, 2.45) is 0 Å². The first-order valence-electron chi connectivity index (χ1n) is 13.0. The van der Waals surface area contributed by atoms with Gasteiger partial charge in [-0.15, -0.1) is 13.2 Å². The van der Waals surface area contributed by atoms with E-state index in [2.05, 4.69) is 4.74 Å². The van der Waals surface area contributed by atoms with Crippen LogP contribution in [0.4, 0.5) is 18.9 Å². The summed E-state index contributed by atoms with van der Waals surface area (Å²) in [5.74, 6) is -1.32. The Morgan fingerprint density at radius 2 is 1.72 bits per heavy atom. The molecule has 0 radical (unpaired) electrons. The molecule has 2 atom stereocenters. The number of nitrogens with zero attached hydrogens (tertiary/aromatic N) is 1. The van der Waals surface area contributed by atoms with Crippen LogP contribution in [0.15, 0.2) is 54.6 Å². The number of rotatable bonds is 10. The zero-order valence-electron chi connectivity index (χ0n) is 23.7. The van der Waals surface area contributed by atoms with Crippen LogP contribution in [0.2, 0.25) is 5.02 Å². The quantitative estimate of drug-likeness (QED) is 0.245. The van der Waals surface area contributed by atoms with Crippen LogP contribution in [0.1, 0.15) is 36.1 Å². The molecule has 0 bridgehead atoms. The van der Waals surface area contributed by atoms with Crippen LogP contribution in [0.25, 0.3) is 0 Å². The maximum absolute atomic E-state index is 14.1. The highest BCUT2D eigenvalue weighted by Crippen LogP contribution is 2.47. The Morgan fingerprint density at radius 3 is 2.37 bits per heavy atom. The molecular formula is C30H29ClF3NO8. The van der Waals surface area contributed by atoms with Crippen LogP contribution in [-0.4, -0.2) is 52.3 Å². The first kappa shape index (κ1) is 31.8. The van der Waals surface area contributed by atoms with Crippen molar-refractivity contribution >= 4 is 29.2 Å². The second-order valence-electron chi connectivity index (χ2n) is 9.25. The smallest absolute Gasteiger partial charge is 0.497 e. The molecule has 0 N–H and O–H groups in total. The summed E-state index contributed by atoms with van der Waals surface area (Å²) in [5.41, 5.74) is 1.00. The molecule has 0 saturated carbocycles. The monoisotopic (exact) mass is 623 g/mol. The third-order valence-electron chi connectivity index (χ3n) is 6.61. The van der Waals surface area contributed by atoms with Crippen molar-refractivity contribution < 1.29 is 51.2 Å². The molecule has 0 spiro atoms. The lowest BCUT2D eigenvalue weighted by Gasteiger charge is -2.26. The van der Waals surface area contributed by atoms with Crippen molar-refractivity contribution in [3.05, 3.63) is 76.3 Å². The number of ether oxygens (including phenoxy) is 6. The molecule has 3 aromatic carbocycles. The largest absolute Gasteiger partial charge is 0.573 e. The van der Waals surface area contributed by atoms with Crippen molar-refractivity contribution in [2.75, 3.05) is 32.8 Å². The maximum atomic E-state index is 14.1. The van der Waals surface area contributed by atoms with Gasteiger partial charge in [0.15, 0.2) is 11.5 Å². The number of hydrogen-bond donors (Lipinski definition) is 0. The number of esters is 1. The third-order valence-corrected chi connectivity index (χ3v) is 6.85. The van der Waals surface area contributed by atoms with Gasteiger partial charge in [-0.3, -0.25) is 9.59 Å². The number of carbonyl (C=O) groups is 2. The molecule has 13 heteroatoms. The van der Waals surface area contributed by atoms with E-state index in [0.717, 1.165) is 0 Å². The average Bonchev–Trinajstić information content (AvgIpc) is 3.07. The van der Waals surface area contributed by atoms with Gasteiger partial charge in [-0.25, -0.2) is 0 Å². The zero-order valence-corrected chi connectivity index (χ0v) is 24.5. The van der Waals surface area contributed by atoms with E-state index in [0.29, 0.717) is 17.1 Å². The third kappa shape index (κ3) is 7.26. The van der Waals surface area contributed by atoms with Gasteiger partial charge < -0.3 is 33.3 Å². The molecule has 43 heavy (non-hydrogen) atoms. The molecule has 0 aromatic heterocycles. The molecule has 4 rings (SSSR count). The molecule has 3 aromatic rings. The summed E-state index contributed by atoms with van der Waals surface area (Å²) < 4.78 is 72.4. The number of benzene rings is 3. The van der Waals surface area contributed by atoms with Gasteiger partial charge in [-0.1, -0.05) is 23.7 Å². The molecule has 1 aliphatic heterocycles. The fraction of sp³-hybridized carbons (Fsp3) is 0.333. The summed E-state index contributed by atoms with van der Waals surface area (Å²) in [6.07, 6.45) is -8.42. The lowest BCUT2D eigenvalue weighted by atomic mass is 9.97. The molecule has 1 heterocycles. The number of methoxy groups -OCH3 is 3. The van der Waals surface area contributed by atoms with E-state index in [1.807, 2.05) is 0 Å². The topological polar surface area (TPSA) is 92.8 Å². The summed E-state index contributed by atoms with van der Waals surface area (Å²) in [4.78, 5) is 28.1. The van der Waals surface area contributed by atoms with E-state index in [1.165, 1.54) is 56.6 Å². The number of amides is 1. The van der Waals surface area contributed by atoms with Gasteiger partial charge in [0.05, 0.1) is 46.6 Å². The fourth-order valence-electron chi connectivity index (χ4n) is 4.76. The van der Waals surface area contributed by atoms with E-state index >= 15 is 0 Å². The Kier molecular flexibility index (Phi) is 9.92. The average molecular weight is 624 g/mol. The number of fused-ring (bicyclic) bond motifs is 1. The van der Waals surface area contributed by atoms with Crippen LogP contribution >= 0.6 is 11.6 Å². The molecule has 230 valence electrons. The van der Waals surface area contributed by atoms with Crippen molar-refractivity contribution in [1.29, 1.82) is 0 Å². The van der Waals surface area contributed by atoms with Gasteiger partial charge in [0.1, 0.15) is 23.7 Å². The Hall–Kier alpha value is -4.16. The number of carbonyl (C=O) groups excluding carboxylic acids is 2. The summed E-state index contributed by atoms with van der Waals surface area (Å²) in [7, 11) is 4.15. The molecule has 0 fully saturated rings. The van der Waals surface area contributed by atoms with Gasteiger partial charge in [0, 0.05) is 27.8 Å². The van der Waals surface area contributed by atoms with Crippen LogP contribution in [0, 0.1) is 0 Å². The highest BCUT2D eigenvalue weighted by molar-refractivity contribution is 6.30. The van der Waals surface area contributed by atoms with Crippen LogP contribution < -0.4 is 23.8 Å². The highest BCUT2D eigenvalue weighted by atomic mass is 35.5. The maximum Gasteiger partial charge on any atom is 0.573 e. The first-order valence-corrected chi connectivity index (χ1v) is 13.4. The highest BCUT2D eigenvalue weighted by Gasteiger charge is 2.41. The lowest BCUT2D eigenvalue weighted by Crippen LogP contribution is -2.40. The van der Waals surface area contributed by atoms with E-state index in [-0.39, 0.29) is 40.7 Å². The SMILES string of the molecule is CCOC(=O)CC1O[C@H](c2cccc(OC)c2OC(F)(F)F)c2cc(Cl)ccc2N(Cc2ccc(OC)cc2OC)C1=O. The van der Waals surface area contributed by atoms with Gasteiger partial charge in [-0.05, 0) is 43.3 Å². The van der Waals surface area contributed by atoms with E-state index in [1.54, 1.807) is 31.2 Å².